The van der Waals surface area contributed by atoms with Gasteiger partial charge in [0.25, 0.3) is 0 Å². The molecular formula is C12H21N3. The van der Waals surface area contributed by atoms with Crippen LogP contribution in [-0.2, 0) is 0 Å². The van der Waals surface area contributed by atoms with Gasteiger partial charge >= 0.3 is 0 Å². The Balaban J connectivity index is 2.32. The molecule has 0 aliphatic carbocycles. The largest absolute Gasteiger partial charge is 0.369 e. The first-order valence-corrected chi connectivity index (χ1v) is 5.38. The van der Waals surface area contributed by atoms with Crippen LogP contribution in [-0.4, -0.2) is 17.6 Å². The molecule has 0 amide bonds. The second-order valence-electron chi connectivity index (χ2n) is 5.12. The minimum Gasteiger partial charge on any atom is -0.369 e. The molecule has 0 aliphatic heterocycles. The van der Waals surface area contributed by atoms with Crippen molar-refractivity contribution in [2.45, 2.75) is 33.2 Å². The van der Waals surface area contributed by atoms with Gasteiger partial charge in [0.15, 0.2) is 0 Å². The number of pyridine rings is 1. The van der Waals surface area contributed by atoms with Crippen LogP contribution >= 0.6 is 0 Å². The van der Waals surface area contributed by atoms with E-state index in [0.717, 1.165) is 18.8 Å². The highest BCUT2D eigenvalue weighted by Gasteiger charge is 2.15. The Morgan fingerprint density at radius 2 is 2.13 bits per heavy atom. The molecule has 0 bridgehead atoms. The van der Waals surface area contributed by atoms with Crippen molar-refractivity contribution in [1.82, 2.24) is 4.98 Å². The Morgan fingerprint density at radius 1 is 1.40 bits per heavy atom. The van der Waals surface area contributed by atoms with Crippen LogP contribution in [0, 0.1) is 5.41 Å². The summed E-state index contributed by atoms with van der Waals surface area (Å²) in [5.41, 5.74) is 6.30. The smallest absolute Gasteiger partial charge is 0.125 e. The van der Waals surface area contributed by atoms with Crippen LogP contribution in [0.4, 0.5) is 5.82 Å². The van der Waals surface area contributed by atoms with Crippen LogP contribution in [0.15, 0.2) is 24.4 Å². The Morgan fingerprint density at radius 3 is 2.67 bits per heavy atom. The van der Waals surface area contributed by atoms with Crippen molar-refractivity contribution in [2.75, 3.05) is 11.9 Å². The SMILES string of the molecule is CC(C)(C)CC(N)CNc1ccccn1. The molecule has 84 valence electrons. The fourth-order valence-corrected chi connectivity index (χ4v) is 1.56. The molecule has 0 saturated heterocycles. The van der Waals surface area contributed by atoms with Crippen molar-refractivity contribution in [2.24, 2.45) is 11.1 Å². The van der Waals surface area contributed by atoms with E-state index in [9.17, 15) is 0 Å². The molecule has 0 aliphatic rings. The van der Waals surface area contributed by atoms with Crippen LogP contribution in [0.2, 0.25) is 0 Å². The summed E-state index contributed by atoms with van der Waals surface area (Å²) in [4.78, 5) is 4.18. The first-order valence-electron chi connectivity index (χ1n) is 5.38. The van der Waals surface area contributed by atoms with Crippen LogP contribution in [0.5, 0.6) is 0 Å². The van der Waals surface area contributed by atoms with Crippen LogP contribution in [0.1, 0.15) is 27.2 Å². The maximum absolute atomic E-state index is 6.02. The monoisotopic (exact) mass is 207 g/mol. The van der Waals surface area contributed by atoms with Gasteiger partial charge in [-0.2, -0.15) is 0 Å². The van der Waals surface area contributed by atoms with E-state index >= 15 is 0 Å². The standard InChI is InChI=1S/C12H21N3/c1-12(2,3)8-10(13)9-15-11-6-4-5-7-14-11/h4-7,10H,8-9,13H2,1-3H3,(H,14,15). The van der Waals surface area contributed by atoms with Crippen molar-refractivity contribution < 1.29 is 0 Å². The molecule has 0 saturated carbocycles. The second-order valence-corrected chi connectivity index (χ2v) is 5.12. The number of rotatable bonds is 4. The zero-order chi connectivity index (χ0) is 11.3. The zero-order valence-corrected chi connectivity index (χ0v) is 9.83. The van der Waals surface area contributed by atoms with E-state index in [1.807, 2.05) is 18.2 Å². The molecular weight excluding hydrogens is 186 g/mol. The third-order valence-corrected chi connectivity index (χ3v) is 2.08. The Labute approximate surface area is 92.1 Å². The lowest BCUT2D eigenvalue weighted by molar-refractivity contribution is 0.344. The van der Waals surface area contributed by atoms with E-state index < -0.39 is 0 Å². The first kappa shape index (κ1) is 12.0. The maximum atomic E-state index is 6.02. The lowest BCUT2D eigenvalue weighted by Gasteiger charge is -2.23. The van der Waals surface area contributed by atoms with Gasteiger partial charge < -0.3 is 11.1 Å². The quantitative estimate of drug-likeness (QED) is 0.796. The fraction of sp³-hybridized carbons (Fsp3) is 0.583. The number of nitrogens with one attached hydrogen (secondary N) is 1. The average molecular weight is 207 g/mol. The fourth-order valence-electron chi connectivity index (χ4n) is 1.56. The molecule has 3 heteroatoms. The van der Waals surface area contributed by atoms with Crippen molar-refractivity contribution in [3.8, 4) is 0 Å². The van der Waals surface area contributed by atoms with E-state index in [0.29, 0.717) is 0 Å². The summed E-state index contributed by atoms with van der Waals surface area (Å²) in [6, 6.07) is 5.99. The predicted molar refractivity (Wildman–Crippen MR) is 64.8 cm³/mol. The average Bonchev–Trinajstić information content (AvgIpc) is 2.14. The molecule has 1 unspecified atom stereocenters. The molecule has 1 atom stereocenters. The number of aromatic nitrogens is 1. The number of hydrogen-bond acceptors (Lipinski definition) is 3. The summed E-state index contributed by atoms with van der Waals surface area (Å²) in [7, 11) is 0. The summed E-state index contributed by atoms with van der Waals surface area (Å²) < 4.78 is 0. The Bertz CT molecular complexity index is 277. The van der Waals surface area contributed by atoms with E-state index in [2.05, 4.69) is 31.1 Å². The van der Waals surface area contributed by atoms with E-state index in [4.69, 9.17) is 5.73 Å². The van der Waals surface area contributed by atoms with Gasteiger partial charge in [-0.1, -0.05) is 26.8 Å². The lowest BCUT2D eigenvalue weighted by atomic mass is 9.88. The molecule has 0 fully saturated rings. The van der Waals surface area contributed by atoms with E-state index in [-0.39, 0.29) is 11.5 Å². The summed E-state index contributed by atoms with van der Waals surface area (Å²) in [6.07, 6.45) is 2.78. The van der Waals surface area contributed by atoms with Crippen LogP contribution in [0.25, 0.3) is 0 Å². The molecule has 1 rings (SSSR count). The van der Waals surface area contributed by atoms with Gasteiger partial charge in [0.05, 0.1) is 0 Å². The maximum Gasteiger partial charge on any atom is 0.125 e. The molecule has 3 nitrogen and oxygen atoms in total. The summed E-state index contributed by atoms with van der Waals surface area (Å²) in [5, 5.41) is 3.23. The van der Waals surface area contributed by atoms with Crippen molar-refractivity contribution in [1.29, 1.82) is 0 Å². The summed E-state index contributed by atoms with van der Waals surface area (Å²) in [5.74, 6) is 0.891. The normalized spacial score (nSPS) is 13.6. The number of hydrogen-bond donors (Lipinski definition) is 2. The Hall–Kier alpha value is -1.09. The number of nitrogens with zero attached hydrogens (tertiary/aromatic N) is 1. The van der Waals surface area contributed by atoms with E-state index in [1.54, 1.807) is 6.20 Å². The molecule has 0 spiro atoms. The zero-order valence-electron chi connectivity index (χ0n) is 9.83. The van der Waals surface area contributed by atoms with Gasteiger partial charge in [-0.25, -0.2) is 4.98 Å². The first-order chi connectivity index (χ1) is 6.97. The topological polar surface area (TPSA) is 50.9 Å². The highest BCUT2D eigenvalue weighted by atomic mass is 15.0. The lowest BCUT2D eigenvalue weighted by Crippen LogP contribution is -2.33. The van der Waals surface area contributed by atoms with Crippen molar-refractivity contribution in [3.05, 3.63) is 24.4 Å². The van der Waals surface area contributed by atoms with E-state index in [1.165, 1.54) is 0 Å². The minimum absolute atomic E-state index is 0.173. The third kappa shape index (κ3) is 5.37. The second kappa shape index (κ2) is 5.12. The summed E-state index contributed by atoms with van der Waals surface area (Å²) in [6.45, 7) is 7.38. The van der Waals surface area contributed by atoms with Crippen molar-refractivity contribution >= 4 is 5.82 Å². The van der Waals surface area contributed by atoms with Crippen LogP contribution in [0.3, 0.4) is 0 Å². The highest BCUT2D eigenvalue weighted by Crippen LogP contribution is 2.19. The summed E-state index contributed by atoms with van der Waals surface area (Å²) >= 11 is 0. The van der Waals surface area contributed by atoms with Crippen molar-refractivity contribution in [3.63, 3.8) is 0 Å². The van der Waals surface area contributed by atoms with Gasteiger partial charge in [-0.3, -0.25) is 0 Å². The van der Waals surface area contributed by atoms with Gasteiger partial charge in [0.2, 0.25) is 0 Å². The van der Waals surface area contributed by atoms with Gasteiger partial charge in [-0.05, 0) is 24.0 Å². The Kier molecular flexibility index (Phi) is 4.09. The molecule has 0 radical (unpaired) electrons. The number of anilines is 1. The minimum atomic E-state index is 0.173. The van der Waals surface area contributed by atoms with Crippen LogP contribution < -0.4 is 11.1 Å². The number of nitrogens with two attached hydrogens (primary N) is 1. The molecule has 15 heavy (non-hydrogen) atoms. The third-order valence-electron chi connectivity index (χ3n) is 2.08. The molecule has 1 heterocycles. The van der Waals surface area contributed by atoms with Gasteiger partial charge in [-0.15, -0.1) is 0 Å². The highest BCUT2D eigenvalue weighted by molar-refractivity contribution is 5.33. The molecule has 0 aromatic carbocycles. The molecule has 1 aromatic heterocycles. The van der Waals surface area contributed by atoms with Gasteiger partial charge in [0, 0.05) is 18.8 Å². The van der Waals surface area contributed by atoms with Gasteiger partial charge in [0.1, 0.15) is 5.82 Å². The predicted octanol–water partition coefficient (Wildman–Crippen LogP) is 2.26. The molecule has 3 N–H and O–H groups in total. The molecule has 1 aromatic rings.